The molecule has 0 aromatic heterocycles. The molecular formula is C25H31N3O7. The van der Waals surface area contributed by atoms with Gasteiger partial charge >= 0.3 is 12.1 Å². The summed E-state index contributed by atoms with van der Waals surface area (Å²) in [5.74, 6) is 0.257. The topological polar surface area (TPSA) is 134 Å². The van der Waals surface area contributed by atoms with E-state index in [2.05, 4.69) is 22.6 Å². The lowest BCUT2D eigenvalue weighted by Crippen LogP contribution is -2.53. The van der Waals surface area contributed by atoms with E-state index in [0.717, 1.165) is 4.90 Å². The maximum Gasteiger partial charge on any atom is 0.408 e. The predicted octanol–water partition coefficient (Wildman–Crippen LogP) is 1.08. The highest BCUT2D eigenvalue weighted by Crippen LogP contribution is 2.25. The molecule has 3 N–H and O–H groups in total. The minimum atomic E-state index is -1.51. The number of aliphatic hydroxyl groups excluding tert-OH is 1. The molecule has 0 radical (unpaired) electrons. The molecule has 2 unspecified atom stereocenters. The van der Waals surface area contributed by atoms with Crippen LogP contribution >= 0.6 is 0 Å². The SMILES string of the molecule is C#Cc1ccccc1C(C(=O)NCCC(=O)OCC)N(C#C)C(=O)C(CO)NC(=O)OC(C)(C)C. The van der Waals surface area contributed by atoms with Crippen molar-refractivity contribution in [3.05, 3.63) is 35.4 Å². The first-order valence-electron chi connectivity index (χ1n) is 10.9. The molecule has 1 aromatic rings. The molecule has 3 amide bonds. The molecule has 35 heavy (non-hydrogen) atoms. The number of terminal acetylenes is 2. The number of benzene rings is 1. The molecule has 0 heterocycles. The summed E-state index contributed by atoms with van der Waals surface area (Å²) in [6.45, 7) is 5.83. The predicted molar refractivity (Wildman–Crippen MR) is 127 cm³/mol. The molecule has 0 fully saturated rings. The Morgan fingerprint density at radius 1 is 1.17 bits per heavy atom. The molecule has 1 rings (SSSR count). The van der Waals surface area contributed by atoms with Crippen molar-refractivity contribution < 1.29 is 33.8 Å². The third-order valence-electron chi connectivity index (χ3n) is 4.40. The first kappa shape index (κ1) is 29.0. The fourth-order valence-corrected chi connectivity index (χ4v) is 2.95. The second kappa shape index (κ2) is 13.6. The van der Waals surface area contributed by atoms with E-state index >= 15 is 0 Å². The van der Waals surface area contributed by atoms with Crippen molar-refractivity contribution >= 4 is 23.9 Å². The number of nitrogens with one attached hydrogen (secondary N) is 2. The highest BCUT2D eigenvalue weighted by Gasteiger charge is 2.36. The molecule has 0 aliphatic carbocycles. The van der Waals surface area contributed by atoms with Crippen LogP contribution in [0, 0.1) is 24.8 Å². The summed E-state index contributed by atoms with van der Waals surface area (Å²) in [6, 6.07) is 5.57. The van der Waals surface area contributed by atoms with Crippen LogP contribution in [0.2, 0.25) is 0 Å². The van der Waals surface area contributed by atoms with E-state index in [9.17, 15) is 24.3 Å². The summed E-state index contributed by atoms with van der Waals surface area (Å²) in [5.41, 5.74) is -0.318. The number of carbonyl (C=O) groups is 4. The Labute approximate surface area is 205 Å². The van der Waals surface area contributed by atoms with Gasteiger partial charge in [-0.25, -0.2) is 4.79 Å². The van der Waals surface area contributed by atoms with Crippen LogP contribution in [0.3, 0.4) is 0 Å². The van der Waals surface area contributed by atoms with Gasteiger partial charge in [-0.3, -0.25) is 19.3 Å². The van der Waals surface area contributed by atoms with Crippen LogP contribution in [-0.2, 0) is 23.9 Å². The van der Waals surface area contributed by atoms with E-state index in [-0.39, 0.29) is 25.1 Å². The van der Waals surface area contributed by atoms with Crippen molar-refractivity contribution in [1.29, 1.82) is 0 Å². The van der Waals surface area contributed by atoms with Crippen LogP contribution in [0.25, 0.3) is 0 Å². The first-order valence-corrected chi connectivity index (χ1v) is 10.9. The van der Waals surface area contributed by atoms with E-state index in [1.807, 2.05) is 0 Å². The number of amides is 3. The number of rotatable bonds is 10. The van der Waals surface area contributed by atoms with Gasteiger partial charge in [-0.15, -0.1) is 6.42 Å². The fourth-order valence-electron chi connectivity index (χ4n) is 2.95. The average molecular weight is 486 g/mol. The summed E-state index contributed by atoms with van der Waals surface area (Å²) >= 11 is 0. The van der Waals surface area contributed by atoms with Gasteiger partial charge in [-0.1, -0.05) is 30.5 Å². The monoisotopic (exact) mass is 485 g/mol. The number of ether oxygens (including phenoxy) is 2. The molecular weight excluding hydrogens is 454 g/mol. The summed E-state index contributed by atoms with van der Waals surface area (Å²) in [7, 11) is 0. The first-order chi connectivity index (χ1) is 16.5. The van der Waals surface area contributed by atoms with E-state index in [1.165, 1.54) is 6.07 Å². The lowest BCUT2D eigenvalue weighted by Gasteiger charge is -2.30. The van der Waals surface area contributed by atoms with Gasteiger partial charge in [0.15, 0.2) is 0 Å². The summed E-state index contributed by atoms with van der Waals surface area (Å²) in [6.07, 6.45) is 10.1. The van der Waals surface area contributed by atoms with Gasteiger partial charge in [-0.05, 0) is 33.8 Å². The van der Waals surface area contributed by atoms with Crippen molar-refractivity contribution in [2.24, 2.45) is 0 Å². The van der Waals surface area contributed by atoms with Crippen LogP contribution in [0.4, 0.5) is 4.79 Å². The zero-order chi connectivity index (χ0) is 26.6. The van der Waals surface area contributed by atoms with Crippen LogP contribution < -0.4 is 10.6 Å². The Balaban J connectivity index is 3.28. The zero-order valence-electron chi connectivity index (χ0n) is 20.3. The highest BCUT2D eigenvalue weighted by atomic mass is 16.6. The van der Waals surface area contributed by atoms with Gasteiger partial charge in [0.2, 0.25) is 5.91 Å². The van der Waals surface area contributed by atoms with Crippen LogP contribution in [-0.4, -0.2) is 65.3 Å². The minimum Gasteiger partial charge on any atom is -0.466 e. The second-order valence-corrected chi connectivity index (χ2v) is 8.20. The third-order valence-corrected chi connectivity index (χ3v) is 4.40. The Kier molecular flexibility index (Phi) is 11.3. The van der Waals surface area contributed by atoms with Crippen molar-refractivity contribution in [3.63, 3.8) is 0 Å². The molecule has 0 bridgehead atoms. The Morgan fingerprint density at radius 2 is 1.83 bits per heavy atom. The molecule has 1 aromatic carbocycles. The molecule has 10 nitrogen and oxygen atoms in total. The van der Waals surface area contributed by atoms with Gasteiger partial charge in [0.25, 0.3) is 5.91 Å². The van der Waals surface area contributed by atoms with Gasteiger partial charge in [0.05, 0.1) is 19.6 Å². The summed E-state index contributed by atoms with van der Waals surface area (Å²) in [5, 5.41) is 14.6. The number of hydrogen-bond acceptors (Lipinski definition) is 7. The second-order valence-electron chi connectivity index (χ2n) is 8.20. The molecule has 0 aliphatic heterocycles. The largest absolute Gasteiger partial charge is 0.466 e. The molecule has 10 heteroatoms. The van der Waals surface area contributed by atoms with Crippen molar-refractivity contribution in [1.82, 2.24) is 15.5 Å². The quantitative estimate of drug-likeness (QED) is 0.256. The van der Waals surface area contributed by atoms with Gasteiger partial charge in [-0.2, -0.15) is 0 Å². The Morgan fingerprint density at radius 3 is 2.37 bits per heavy atom. The molecule has 0 aliphatic rings. The van der Waals surface area contributed by atoms with E-state index in [0.29, 0.717) is 5.56 Å². The molecule has 0 saturated heterocycles. The maximum atomic E-state index is 13.2. The third kappa shape index (κ3) is 9.03. The van der Waals surface area contributed by atoms with Gasteiger partial charge < -0.3 is 25.2 Å². The Hall–Kier alpha value is -4.02. The van der Waals surface area contributed by atoms with E-state index < -0.39 is 48.2 Å². The van der Waals surface area contributed by atoms with Crippen LogP contribution in [0.15, 0.2) is 24.3 Å². The lowest BCUT2D eigenvalue weighted by atomic mass is 9.98. The van der Waals surface area contributed by atoms with Crippen molar-refractivity contribution in [3.8, 4) is 24.8 Å². The van der Waals surface area contributed by atoms with Crippen molar-refractivity contribution in [2.75, 3.05) is 19.8 Å². The van der Waals surface area contributed by atoms with Gasteiger partial charge in [0, 0.05) is 23.7 Å². The number of esters is 1. The Bertz CT molecular complexity index is 1000. The standard InChI is InChI=1S/C25H31N3O7/c1-7-17-12-10-11-13-18(17)21(22(31)26-15-14-20(30)34-9-3)28(8-2)23(32)19(16-29)27-24(33)35-25(4,5)6/h1-2,10-13,19,21,29H,9,14-16H2,3-6H3,(H,26,31)(H,27,33). The van der Waals surface area contributed by atoms with E-state index in [1.54, 1.807) is 45.9 Å². The average Bonchev–Trinajstić information content (AvgIpc) is 2.79. The number of hydrogen-bond donors (Lipinski definition) is 3. The minimum absolute atomic E-state index is 0.0847. The number of alkyl carbamates (subject to hydrolysis) is 1. The number of nitrogens with zero attached hydrogens (tertiary/aromatic N) is 1. The normalized spacial score (nSPS) is 12.2. The molecule has 188 valence electrons. The number of carbonyl (C=O) groups excluding carboxylic acids is 4. The zero-order valence-corrected chi connectivity index (χ0v) is 20.3. The highest BCUT2D eigenvalue weighted by molar-refractivity contribution is 5.93. The number of aliphatic hydroxyl groups is 1. The molecule has 0 saturated carbocycles. The van der Waals surface area contributed by atoms with Crippen molar-refractivity contribution in [2.45, 2.75) is 51.8 Å². The van der Waals surface area contributed by atoms with Gasteiger partial charge in [0.1, 0.15) is 17.7 Å². The van der Waals surface area contributed by atoms with Crippen LogP contribution in [0.1, 0.15) is 51.3 Å². The lowest BCUT2D eigenvalue weighted by molar-refractivity contribution is -0.143. The molecule has 2 atom stereocenters. The smallest absolute Gasteiger partial charge is 0.408 e. The fraction of sp³-hybridized carbons (Fsp3) is 0.440. The summed E-state index contributed by atoms with van der Waals surface area (Å²) in [4.78, 5) is 50.9. The molecule has 0 spiro atoms. The van der Waals surface area contributed by atoms with Crippen LogP contribution in [0.5, 0.6) is 0 Å². The maximum absolute atomic E-state index is 13.2. The summed E-state index contributed by atoms with van der Waals surface area (Å²) < 4.78 is 9.96. The van der Waals surface area contributed by atoms with E-state index in [4.69, 9.17) is 22.3 Å².